The summed E-state index contributed by atoms with van der Waals surface area (Å²) in [6.45, 7) is 7.08. The summed E-state index contributed by atoms with van der Waals surface area (Å²) in [5.41, 5.74) is -0.561. The number of alkyl halides is 1. The highest BCUT2D eigenvalue weighted by atomic mass is 79.9. The van der Waals surface area contributed by atoms with E-state index in [9.17, 15) is 20.2 Å². The summed E-state index contributed by atoms with van der Waals surface area (Å²) in [5, 5.41) is 23.2. The minimum atomic E-state index is -1.46. The van der Waals surface area contributed by atoms with Gasteiger partial charge in [-0.1, -0.05) is 13.8 Å². The number of anilines is 2. The van der Waals surface area contributed by atoms with Crippen LogP contribution in [-0.2, 0) is 0 Å². The predicted octanol–water partition coefficient (Wildman–Crippen LogP) is 3.53. The van der Waals surface area contributed by atoms with Gasteiger partial charge in [0.15, 0.2) is 0 Å². The summed E-state index contributed by atoms with van der Waals surface area (Å²) >= 11 is 2.97. The fourth-order valence-electron chi connectivity index (χ4n) is 3.68. The smallest absolute Gasteiger partial charge is 0.341 e. The van der Waals surface area contributed by atoms with Crippen molar-refractivity contribution in [3.05, 3.63) is 25.9 Å². The first-order valence-electron chi connectivity index (χ1n) is 9.61. The van der Waals surface area contributed by atoms with E-state index in [1.165, 1.54) is 0 Å². The van der Waals surface area contributed by atoms with Crippen molar-refractivity contribution in [2.75, 3.05) is 36.0 Å². The van der Waals surface area contributed by atoms with Gasteiger partial charge in [0.2, 0.25) is 17.5 Å². The summed E-state index contributed by atoms with van der Waals surface area (Å²) in [6.07, 6.45) is 3.75. The Morgan fingerprint density at radius 1 is 0.964 bits per heavy atom. The minimum absolute atomic E-state index is 0.188. The molecule has 10 nitrogen and oxygen atoms in total. The van der Waals surface area contributed by atoms with Crippen molar-refractivity contribution in [3.8, 4) is 0 Å². The molecule has 0 bridgehead atoms. The van der Waals surface area contributed by atoms with E-state index in [1.807, 2.05) is 9.80 Å². The average Bonchev–Trinajstić information content (AvgIpc) is 2.67. The molecule has 0 radical (unpaired) electrons. The van der Waals surface area contributed by atoms with E-state index in [1.54, 1.807) is 0 Å². The van der Waals surface area contributed by atoms with Crippen molar-refractivity contribution in [3.63, 3.8) is 0 Å². The molecule has 0 aliphatic carbocycles. The third-order valence-corrected chi connectivity index (χ3v) is 6.39. The van der Waals surface area contributed by atoms with Crippen LogP contribution in [0.3, 0.4) is 0 Å². The SMILES string of the molecule is CC1CCN(c2nc(C(Br)[N+](=O)[O-])c([N+](=O)[O-])c(N3CCC(C)CC3)n2)CC1. The Kier molecular flexibility index (Phi) is 6.31. The summed E-state index contributed by atoms with van der Waals surface area (Å²) in [5.74, 6) is 1.68. The lowest BCUT2D eigenvalue weighted by Crippen LogP contribution is -2.37. The van der Waals surface area contributed by atoms with Gasteiger partial charge < -0.3 is 9.80 Å². The quantitative estimate of drug-likeness (QED) is 0.285. The van der Waals surface area contributed by atoms with Gasteiger partial charge in [0, 0.05) is 47.0 Å². The van der Waals surface area contributed by atoms with E-state index in [-0.39, 0.29) is 17.2 Å². The van der Waals surface area contributed by atoms with Gasteiger partial charge in [0.25, 0.3) is 0 Å². The fraction of sp³-hybridized carbons (Fsp3) is 0.765. The van der Waals surface area contributed by atoms with Crippen LogP contribution >= 0.6 is 15.9 Å². The Labute approximate surface area is 171 Å². The summed E-state index contributed by atoms with van der Waals surface area (Å²) in [4.78, 5) is 33.3. The van der Waals surface area contributed by atoms with Gasteiger partial charge in [-0.25, -0.2) is 4.98 Å². The predicted molar refractivity (Wildman–Crippen MR) is 109 cm³/mol. The van der Waals surface area contributed by atoms with Crippen LogP contribution in [0.5, 0.6) is 0 Å². The van der Waals surface area contributed by atoms with Crippen molar-refractivity contribution in [2.24, 2.45) is 11.8 Å². The minimum Gasteiger partial charge on any atom is -0.351 e. The number of hydrogen-bond donors (Lipinski definition) is 0. The van der Waals surface area contributed by atoms with Gasteiger partial charge in [0.05, 0.1) is 4.92 Å². The van der Waals surface area contributed by atoms with Crippen LogP contribution in [-0.4, -0.2) is 46.0 Å². The molecule has 2 saturated heterocycles. The molecule has 0 aromatic carbocycles. The number of halogens is 1. The van der Waals surface area contributed by atoms with Crippen molar-refractivity contribution in [1.29, 1.82) is 0 Å². The third kappa shape index (κ3) is 4.34. The van der Waals surface area contributed by atoms with Crippen molar-refractivity contribution < 1.29 is 9.85 Å². The average molecular weight is 457 g/mol. The molecular weight excluding hydrogens is 432 g/mol. The molecule has 1 aromatic heterocycles. The monoisotopic (exact) mass is 456 g/mol. The lowest BCUT2D eigenvalue weighted by Gasteiger charge is -2.33. The van der Waals surface area contributed by atoms with Crippen LogP contribution in [0.25, 0.3) is 0 Å². The van der Waals surface area contributed by atoms with Crippen molar-refractivity contribution in [2.45, 2.75) is 44.5 Å². The molecule has 11 heteroatoms. The molecule has 154 valence electrons. The van der Waals surface area contributed by atoms with Gasteiger partial charge in [0.1, 0.15) is 0 Å². The van der Waals surface area contributed by atoms with Crippen LogP contribution in [0.4, 0.5) is 17.5 Å². The Hall–Kier alpha value is -2.04. The molecule has 3 rings (SSSR count). The number of nitro groups is 2. The lowest BCUT2D eigenvalue weighted by atomic mass is 9.99. The van der Waals surface area contributed by atoms with Gasteiger partial charge >= 0.3 is 10.6 Å². The molecule has 2 aliphatic heterocycles. The molecule has 1 aromatic rings. The van der Waals surface area contributed by atoms with Crippen LogP contribution < -0.4 is 9.80 Å². The highest BCUT2D eigenvalue weighted by Gasteiger charge is 2.38. The van der Waals surface area contributed by atoms with Gasteiger partial charge in [-0.05, 0) is 37.5 Å². The molecule has 0 saturated carbocycles. The first-order chi connectivity index (χ1) is 13.3. The summed E-state index contributed by atoms with van der Waals surface area (Å²) in [6, 6.07) is 0. The maximum atomic E-state index is 11.8. The number of aromatic nitrogens is 2. The zero-order valence-corrected chi connectivity index (χ0v) is 17.7. The lowest BCUT2D eigenvalue weighted by molar-refractivity contribution is -0.500. The molecule has 0 spiro atoms. The highest BCUT2D eigenvalue weighted by molar-refractivity contribution is 9.09. The van der Waals surface area contributed by atoms with Crippen LogP contribution in [0.1, 0.15) is 50.2 Å². The number of rotatable bonds is 5. The first kappa shape index (κ1) is 20.7. The second-order valence-corrected chi connectivity index (χ2v) is 8.67. The van der Waals surface area contributed by atoms with E-state index in [2.05, 4.69) is 39.7 Å². The third-order valence-electron chi connectivity index (χ3n) is 5.62. The second-order valence-electron chi connectivity index (χ2n) is 7.80. The summed E-state index contributed by atoms with van der Waals surface area (Å²) < 4.78 is 0. The van der Waals surface area contributed by atoms with Crippen LogP contribution in [0.2, 0.25) is 0 Å². The molecule has 2 fully saturated rings. The number of hydrogen-bond acceptors (Lipinski definition) is 8. The van der Waals surface area contributed by atoms with Crippen LogP contribution in [0, 0.1) is 32.1 Å². The van der Waals surface area contributed by atoms with Gasteiger partial charge in [-0.3, -0.25) is 20.2 Å². The standard InChI is InChI=1S/C17H25BrN6O4/c1-11-3-7-21(8-4-11)16-14(23(25)26)13(15(18)24(27)28)19-17(20-16)22-9-5-12(2)6-10-22/h11-12,15H,3-10H2,1-2H3. The molecular formula is C17H25BrN6O4. The van der Waals surface area contributed by atoms with E-state index in [4.69, 9.17) is 0 Å². The molecule has 2 aliphatic rings. The normalized spacial score (nSPS) is 20.2. The zero-order chi connectivity index (χ0) is 20.4. The molecule has 0 N–H and O–H groups in total. The second kappa shape index (κ2) is 8.54. The maximum Gasteiger partial charge on any atom is 0.341 e. The molecule has 1 unspecified atom stereocenters. The Morgan fingerprint density at radius 3 is 1.93 bits per heavy atom. The van der Waals surface area contributed by atoms with Crippen molar-refractivity contribution in [1.82, 2.24) is 9.97 Å². The Bertz CT molecular complexity index is 747. The number of piperidine rings is 2. The van der Waals surface area contributed by atoms with Crippen LogP contribution in [0.15, 0.2) is 0 Å². The molecule has 1 atom stereocenters. The van der Waals surface area contributed by atoms with E-state index >= 15 is 0 Å². The fourth-order valence-corrected chi connectivity index (χ4v) is 4.00. The highest BCUT2D eigenvalue weighted by Crippen LogP contribution is 2.39. The summed E-state index contributed by atoms with van der Waals surface area (Å²) in [7, 11) is 0. The number of nitrogens with zero attached hydrogens (tertiary/aromatic N) is 6. The van der Waals surface area contributed by atoms with E-state index in [0.717, 1.165) is 38.8 Å². The maximum absolute atomic E-state index is 11.8. The van der Waals surface area contributed by atoms with E-state index < -0.39 is 14.8 Å². The van der Waals surface area contributed by atoms with Crippen molar-refractivity contribution >= 4 is 33.4 Å². The molecule has 0 amide bonds. The van der Waals surface area contributed by atoms with Gasteiger partial charge in [-0.15, -0.1) is 0 Å². The Morgan fingerprint density at radius 2 is 1.46 bits per heavy atom. The first-order valence-corrected chi connectivity index (χ1v) is 10.5. The molecule has 3 heterocycles. The van der Waals surface area contributed by atoms with Gasteiger partial charge in [-0.2, -0.15) is 4.98 Å². The molecule has 28 heavy (non-hydrogen) atoms. The Balaban J connectivity index is 2.08. The topological polar surface area (TPSA) is 119 Å². The largest absolute Gasteiger partial charge is 0.351 e. The zero-order valence-electron chi connectivity index (χ0n) is 16.1. The van der Waals surface area contributed by atoms with E-state index in [0.29, 0.717) is 30.9 Å².